The van der Waals surface area contributed by atoms with Crippen LogP contribution in [0.15, 0.2) is 18.2 Å². The molecule has 1 nitrogen and oxygen atoms in total. The Morgan fingerprint density at radius 1 is 1.57 bits per heavy atom. The summed E-state index contributed by atoms with van der Waals surface area (Å²) < 4.78 is 12.9. The predicted octanol–water partition coefficient (Wildman–Crippen LogP) is 3.49. The molecule has 1 unspecified atom stereocenters. The highest BCUT2D eigenvalue weighted by Crippen LogP contribution is 2.16. The molecule has 3 heteroatoms. The summed E-state index contributed by atoms with van der Waals surface area (Å²) in [4.78, 5) is 11.5. The molecule has 1 aromatic carbocycles. The van der Waals surface area contributed by atoms with Crippen molar-refractivity contribution in [2.45, 2.75) is 25.1 Å². The molecular formula is C11H12BrFO. The van der Waals surface area contributed by atoms with Crippen molar-refractivity contribution in [3.8, 4) is 0 Å². The minimum absolute atomic E-state index is 0.00981. The third kappa shape index (κ3) is 2.41. The number of hydrogen-bond acceptors (Lipinski definition) is 1. The van der Waals surface area contributed by atoms with Gasteiger partial charge in [-0.3, -0.25) is 4.79 Å². The summed E-state index contributed by atoms with van der Waals surface area (Å²) in [6.07, 6.45) is 0.731. The Bertz CT molecular complexity index is 349. The molecule has 0 spiro atoms. The number of aryl methyl sites for hydroxylation is 1. The highest BCUT2D eigenvalue weighted by Gasteiger charge is 2.15. The second-order valence-electron chi connectivity index (χ2n) is 3.20. The van der Waals surface area contributed by atoms with Gasteiger partial charge >= 0.3 is 0 Å². The van der Waals surface area contributed by atoms with Crippen molar-refractivity contribution in [2.24, 2.45) is 0 Å². The van der Waals surface area contributed by atoms with Crippen molar-refractivity contribution in [1.82, 2.24) is 0 Å². The third-order valence-corrected chi connectivity index (χ3v) is 3.15. The van der Waals surface area contributed by atoms with E-state index in [1.54, 1.807) is 13.0 Å². The second kappa shape index (κ2) is 4.69. The van der Waals surface area contributed by atoms with Crippen LogP contribution in [0.2, 0.25) is 0 Å². The maximum atomic E-state index is 12.9. The fourth-order valence-electron chi connectivity index (χ4n) is 1.16. The molecule has 0 saturated heterocycles. The molecule has 0 N–H and O–H groups in total. The molecule has 0 aliphatic carbocycles. The fourth-order valence-corrected chi connectivity index (χ4v) is 1.43. The smallest absolute Gasteiger partial charge is 0.176 e. The van der Waals surface area contributed by atoms with Crippen molar-refractivity contribution < 1.29 is 9.18 Å². The average Bonchev–Trinajstić information content (AvgIpc) is 2.20. The van der Waals surface area contributed by atoms with Crippen LogP contribution in [0.5, 0.6) is 0 Å². The highest BCUT2D eigenvalue weighted by atomic mass is 79.9. The van der Waals surface area contributed by atoms with E-state index in [-0.39, 0.29) is 16.4 Å². The number of carbonyl (C=O) groups is 1. The van der Waals surface area contributed by atoms with Gasteiger partial charge in [0.05, 0.1) is 4.83 Å². The molecule has 0 aliphatic heterocycles. The molecule has 0 amide bonds. The zero-order valence-electron chi connectivity index (χ0n) is 8.18. The molecule has 0 fully saturated rings. The van der Waals surface area contributed by atoms with Crippen molar-refractivity contribution in [3.63, 3.8) is 0 Å². The lowest BCUT2D eigenvalue weighted by Gasteiger charge is -2.06. The minimum Gasteiger partial charge on any atom is -0.293 e. The van der Waals surface area contributed by atoms with E-state index < -0.39 is 0 Å². The summed E-state index contributed by atoms with van der Waals surface area (Å²) >= 11 is 3.28. The fraction of sp³-hybridized carbons (Fsp3) is 0.364. The van der Waals surface area contributed by atoms with Gasteiger partial charge in [-0.1, -0.05) is 22.9 Å². The van der Waals surface area contributed by atoms with Gasteiger partial charge in [0.2, 0.25) is 0 Å². The monoisotopic (exact) mass is 258 g/mol. The summed E-state index contributed by atoms with van der Waals surface area (Å²) in [5.74, 6) is -0.264. The Kier molecular flexibility index (Phi) is 3.81. The maximum absolute atomic E-state index is 12.9. The molecule has 0 radical (unpaired) electrons. The number of alkyl halides is 1. The van der Waals surface area contributed by atoms with Crippen molar-refractivity contribution >= 4 is 21.7 Å². The van der Waals surface area contributed by atoms with Gasteiger partial charge in [0, 0.05) is 5.56 Å². The van der Waals surface area contributed by atoms with Crippen molar-refractivity contribution in [3.05, 3.63) is 35.1 Å². The molecule has 0 aliphatic rings. The van der Waals surface area contributed by atoms with Crippen LogP contribution in [-0.2, 0) is 0 Å². The van der Waals surface area contributed by atoms with Crippen molar-refractivity contribution in [1.29, 1.82) is 0 Å². The molecule has 1 atom stereocenters. The van der Waals surface area contributed by atoms with Crippen molar-refractivity contribution in [2.75, 3.05) is 0 Å². The zero-order chi connectivity index (χ0) is 10.7. The number of hydrogen-bond donors (Lipinski definition) is 0. The number of Topliss-reactive ketones (excluding diaryl/α,β-unsaturated/α-hetero) is 1. The third-order valence-electron chi connectivity index (χ3n) is 2.09. The number of benzene rings is 1. The summed E-state index contributed by atoms with van der Waals surface area (Å²) in [7, 11) is 0. The van der Waals surface area contributed by atoms with Gasteiger partial charge in [-0.2, -0.15) is 0 Å². The van der Waals surface area contributed by atoms with E-state index in [0.29, 0.717) is 11.1 Å². The van der Waals surface area contributed by atoms with Gasteiger partial charge in [-0.05, 0) is 37.1 Å². The quantitative estimate of drug-likeness (QED) is 0.599. The Hall–Kier alpha value is -0.700. The van der Waals surface area contributed by atoms with E-state index in [1.165, 1.54) is 12.1 Å². The molecule has 0 saturated carbocycles. The van der Waals surface area contributed by atoms with E-state index in [0.717, 1.165) is 6.42 Å². The molecule has 0 aromatic heterocycles. The number of halogens is 2. The normalized spacial score (nSPS) is 12.6. The number of ketones is 1. The van der Waals surface area contributed by atoms with E-state index in [1.807, 2.05) is 6.92 Å². The first kappa shape index (κ1) is 11.4. The van der Waals surface area contributed by atoms with E-state index >= 15 is 0 Å². The molecule has 0 heterocycles. The Morgan fingerprint density at radius 2 is 2.21 bits per heavy atom. The lowest BCUT2D eigenvalue weighted by Crippen LogP contribution is -2.13. The molecule has 0 bridgehead atoms. The van der Waals surface area contributed by atoms with Gasteiger partial charge in [-0.15, -0.1) is 0 Å². The average molecular weight is 259 g/mol. The standard InChI is InChI=1S/C11H12BrFO/c1-3-9(12)11(14)8-4-5-10(13)7(2)6-8/h4-6,9H,3H2,1-2H3. The maximum Gasteiger partial charge on any atom is 0.176 e. The second-order valence-corrected chi connectivity index (χ2v) is 4.31. The van der Waals surface area contributed by atoms with Crippen LogP contribution in [0, 0.1) is 12.7 Å². The number of rotatable bonds is 3. The van der Waals surface area contributed by atoms with E-state index in [2.05, 4.69) is 15.9 Å². The minimum atomic E-state index is -0.274. The highest BCUT2D eigenvalue weighted by molar-refractivity contribution is 9.10. The lowest BCUT2D eigenvalue weighted by atomic mass is 10.0. The first-order chi connectivity index (χ1) is 6.56. The Balaban J connectivity index is 2.97. The SMILES string of the molecule is CCC(Br)C(=O)c1ccc(F)c(C)c1. The van der Waals surface area contributed by atoms with Gasteiger partial charge in [0.25, 0.3) is 0 Å². The molecule has 76 valence electrons. The summed E-state index contributed by atoms with van der Waals surface area (Å²) in [6, 6.07) is 4.44. The molecular weight excluding hydrogens is 247 g/mol. The van der Waals surface area contributed by atoms with Crippen LogP contribution >= 0.6 is 15.9 Å². The lowest BCUT2D eigenvalue weighted by molar-refractivity contribution is 0.0990. The van der Waals surface area contributed by atoms with E-state index in [4.69, 9.17) is 0 Å². The van der Waals surface area contributed by atoms with Crippen LogP contribution in [0.3, 0.4) is 0 Å². The van der Waals surface area contributed by atoms with Gasteiger partial charge in [0.15, 0.2) is 5.78 Å². The summed E-state index contributed by atoms with van der Waals surface area (Å²) in [5, 5.41) is 0. The van der Waals surface area contributed by atoms with Gasteiger partial charge in [0.1, 0.15) is 5.82 Å². The van der Waals surface area contributed by atoms with Crippen LogP contribution in [-0.4, -0.2) is 10.6 Å². The van der Waals surface area contributed by atoms with Crippen LogP contribution in [0.25, 0.3) is 0 Å². The largest absolute Gasteiger partial charge is 0.293 e. The van der Waals surface area contributed by atoms with Crippen LogP contribution in [0.4, 0.5) is 4.39 Å². The first-order valence-corrected chi connectivity index (χ1v) is 5.42. The molecule has 14 heavy (non-hydrogen) atoms. The predicted molar refractivity (Wildman–Crippen MR) is 58.5 cm³/mol. The summed E-state index contributed by atoms with van der Waals surface area (Å²) in [6.45, 7) is 3.58. The van der Waals surface area contributed by atoms with Gasteiger partial charge < -0.3 is 0 Å². The zero-order valence-corrected chi connectivity index (χ0v) is 9.77. The van der Waals surface area contributed by atoms with Gasteiger partial charge in [-0.25, -0.2) is 4.39 Å². The number of carbonyl (C=O) groups excluding carboxylic acids is 1. The summed E-state index contributed by atoms with van der Waals surface area (Å²) in [5.41, 5.74) is 1.07. The Labute approximate surface area is 91.5 Å². The molecule has 1 rings (SSSR count). The van der Waals surface area contributed by atoms with E-state index in [9.17, 15) is 9.18 Å². The molecule has 1 aromatic rings. The van der Waals surface area contributed by atoms with Crippen LogP contribution in [0.1, 0.15) is 29.3 Å². The Morgan fingerprint density at radius 3 is 2.71 bits per heavy atom. The topological polar surface area (TPSA) is 17.1 Å². The first-order valence-electron chi connectivity index (χ1n) is 4.50. The van der Waals surface area contributed by atoms with Crippen LogP contribution < -0.4 is 0 Å².